The zero-order valence-electron chi connectivity index (χ0n) is 33.1. The highest BCUT2D eigenvalue weighted by atomic mass is 16.3. The molecule has 286 valence electrons. The molecule has 1 atom stereocenters. The Hall–Kier alpha value is -8.08. The third-order valence-corrected chi connectivity index (χ3v) is 12.1. The molecule has 0 bridgehead atoms. The topological polar surface area (TPSA) is 49.9 Å². The number of fused-ring (bicyclic) bond motifs is 6. The highest BCUT2D eigenvalue weighted by Gasteiger charge is 2.25. The molecule has 0 saturated heterocycles. The molecule has 0 amide bonds. The smallest absolute Gasteiger partial charge is 0.159 e. The van der Waals surface area contributed by atoms with Gasteiger partial charge in [-0.05, 0) is 102 Å². The van der Waals surface area contributed by atoms with Crippen LogP contribution in [0, 0.1) is 0 Å². The molecule has 1 aliphatic heterocycles. The van der Waals surface area contributed by atoms with E-state index in [4.69, 9.17) is 14.4 Å². The molecule has 4 nitrogen and oxygen atoms in total. The summed E-state index contributed by atoms with van der Waals surface area (Å²) in [6.07, 6.45) is -0.400. The van der Waals surface area contributed by atoms with Crippen LogP contribution in [0.2, 0.25) is 0 Å². The van der Waals surface area contributed by atoms with Crippen LogP contribution in [-0.4, -0.2) is 11.7 Å². The molecular weight excluding hydrogens is 743 g/mol. The second-order valence-electron chi connectivity index (χ2n) is 15.8. The van der Waals surface area contributed by atoms with Gasteiger partial charge in [-0.3, -0.25) is 0 Å². The molecule has 10 aromatic carbocycles. The summed E-state index contributed by atoms with van der Waals surface area (Å²) in [4.78, 5) is 10.6. The van der Waals surface area contributed by atoms with E-state index in [9.17, 15) is 0 Å². The fourth-order valence-electron chi connectivity index (χ4n) is 9.09. The summed E-state index contributed by atoms with van der Waals surface area (Å²) in [6.45, 7) is 0. The van der Waals surface area contributed by atoms with Crippen molar-refractivity contribution in [2.75, 3.05) is 0 Å². The number of nitrogens with one attached hydrogen (secondary N) is 1. The van der Waals surface area contributed by atoms with Crippen molar-refractivity contribution < 1.29 is 4.42 Å². The summed E-state index contributed by atoms with van der Waals surface area (Å²) in [5, 5.41) is 13.1. The second kappa shape index (κ2) is 14.3. The molecule has 2 heterocycles. The van der Waals surface area contributed by atoms with Crippen LogP contribution in [0.3, 0.4) is 0 Å². The molecule has 0 aliphatic carbocycles. The lowest BCUT2D eigenvalue weighted by atomic mass is 9.91. The van der Waals surface area contributed by atoms with Crippen molar-refractivity contribution in [3.05, 3.63) is 229 Å². The van der Waals surface area contributed by atoms with E-state index in [2.05, 4.69) is 212 Å². The summed E-state index contributed by atoms with van der Waals surface area (Å²) in [6, 6.07) is 75.3. The molecule has 61 heavy (non-hydrogen) atoms. The van der Waals surface area contributed by atoms with Crippen LogP contribution in [0.4, 0.5) is 0 Å². The Kier molecular flexibility index (Phi) is 8.20. The maximum Gasteiger partial charge on any atom is 0.159 e. The van der Waals surface area contributed by atoms with Crippen LogP contribution in [0.1, 0.15) is 22.9 Å². The molecule has 0 radical (unpaired) electrons. The highest BCUT2D eigenvalue weighted by Crippen LogP contribution is 2.42. The van der Waals surface area contributed by atoms with Gasteiger partial charge in [0.15, 0.2) is 5.84 Å². The standard InChI is InChI=1S/C57H37N3O/c1-2-12-36(13-3-1)41-18-10-19-44(33-41)55-58-56(45-27-25-38-15-5-7-17-40(38)34-45)60-57(59-55)50-30-29-48(46-20-8-9-21-47(46)50)49-22-11-23-53-54(49)51-35-43(28-31-52(51)61-53)42-26-24-37-14-4-6-16-39(37)32-42/h1-35,57H,(H,58,59,60). The summed E-state index contributed by atoms with van der Waals surface area (Å²) >= 11 is 0. The fraction of sp³-hybridized carbons (Fsp3) is 0.0175. The van der Waals surface area contributed by atoms with Crippen molar-refractivity contribution in [1.29, 1.82) is 0 Å². The van der Waals surface area contributed by atoms with E-state index in [0.29, 0.717) is 5.84 Å². The minimum Gasteiger partial charge on any atom is -0.456 e. The Morgan fingerprint density at radius 2 is 1.00 bits per heavy atom. The zero-order valence-corrected chi connectivity index (χ0v) is 33.1. The van der Waals surface area contributed by atoms with Crippen LogP contribution in [-0.2, 0) is 0 Å². The Balaban J connectivity index is 0.997. The molecule has 1 unspecified atom stereocenters. The lowest BCUT2D eigenvalue weighted by molar-refractivity contribution is 0.669. The zero-order chi connectivity index (χ0) is 40.3. The SMILES string of the molecule is c1ccc(-c2cccc(C3=NC(c4ccc(-c5cccc6oc7ccc(-c8ccc9ccccc9c8)cc7c56)c5ccccc45)NC(c4ccc5ccccc5c4)=N3)c2)cc1. The Labute approximate surface area is 352 Å². The van der Waals surface area contributed by atoms with E-state index in [1.165, 1.54) is 21.7 Å². The number of aliphatic imine (C=N–C) groups is 2. The van der Waals surface area contributed by atoms with Gasteiger partial charge in [-0.2, -0.15) is 0 Å². The van der Waals surface area contributed by atoms with E-state index in [1.54, 1.807) is 0 Å². The molecule has 0 spiro atoms. The van der Waals surface area contributed by atoms with Gasteiger partial charge >= 0.3 is 0 Å². The molecule has 0 fully saturated rings. The number of benzene rings is 10. The van der Waals surface area contributed by atoms with Gasteiger partial charge in [0.25, 0.3) is 0 Å². The van der Waals surface area contributed by atoms with Gasteiger partial charge in [-0.15, -0.1) is 0 Å². The first-order chi connectivity index (χ1) is 30.2. The molecule has 11 aromatic rings. The van der Waals surface area contributed by atoms with E-state index >= 15 is 0 Å². The van der Waals surface area contributed by atoms with Crippen molar-refractivity contribution >= 4 is 65.9 Å². The summed E-state index contributed by atoms with van der Waals surface area (Å²) in [5.41, 5.74) is 11.7. The van der Waals surface area contributed by atoms with Crippen LogP contribution < -0.4 is 5.32 Å². The van der Waals surface area contributed by atoms with Crippen LogP contribution in [0.15, 0.2) is 227 Å². The molecule has 1 aromatic heterocycles. The van der Waals surface area contributed by atoms with Gasteiger partial charge in [0.1, 0.15) is 23.2 Å². The number of rotatable bonds is 6. The minimum absolute atomic E-state index is 0.400. The molecule has 12 rings (SSSR count). The van der Waals surface area contributed by atoms with E-state index < -0.39 is 6.17 Å². The Bertz CT molecular complexity index is 3580. The van der Waals surface area contributed by atoms with Gasteiger partial charge in [0, 0.05) is 27.5 Å². The normalized spacial score (nSPS) is 14.1. The third kappa shape index (κ3) is 6.16. The van der Waals surface area contributed by atoms with E-state index in [-0.39, 0.29) is 0 Å². The lowest BCUT2D eigenvalue weighted by Gasteiger charge is -2.25. The lowest BCUT2D eigenvalue weighted by Crippen LogP contribution is -2.33. The average Bonchev–Trinajstić information content (AvgIpc) is 3.72. The van der Waals surface area contributed by atoms with Crippen LogP contribution in [0.5, 0.6) is 0 Å². The van der Waals surface area contributed by atoms with Gasteiger partial charge < -0.3 is 9.73 Å². The van der Waals surface area contributed by atoms with Gasteiger partial charge in [0.05, 0.1) is 0 Å². The van der Waals surface area contributed by atoms with Gasteiger partial charge in [0.2, 0.25) is 0 Å². The van der Waals surface area contributed by atoms with Crippen molar-refractivity contribution in [2.45, 2.75) is 6.17 Å². The summed E-state index contributed by atoms with van der Waals surface area (Å²) in [7, 11) is 0. The molecular formula is C57H37N3O. The van der Waals surface area contributed by atoms with Crippen LogP contribution >= 0.6 is 0 Å². The quantitative estimate of drug-likeness (QED) is 0.183. The van der Waals surface area contributed by atoms with Gasteiger partial charge in [-0.25, -0.2) is 9.98 Å². The highest BCUT2D eigenvalue weighted by molar-refractivity contribution is 6.17. The van der Waals surface area contributed by atoms with Crippen molar-refractivity contribution in [3.63, 3.8) is 0 Å². The number of furan rings is 1. The van der Waals surface area contributed by atoms with E-state index in [0.717, 1.165) is 88.4 Å². The molecule has 0 saturated carbocycles. The third-order valence-electron chi connectivity index (χ3n) is 12.1. The summed E-state index contributed by atoms with van der Waals surface area (Å²) in [5.74, 6) is 1.48. The molecule has 4 heteroatoms. The fourth-order valence-corrected chi connectivity index (χ4v) is 9.09. The minimum atomic E-state index is -0.400. The Morgan fingerprint density at radius 1 is 0.377 bits per heavy atom. The first-order valence-electron chi connectivity index (χ1n) is 20.7. The molecule has 1 aliphatic rings. The summed E-state index contributed by atoms with van der Waals surface area (Å²) < 4.78 is 6.54. The first kappa shape index (κ1) is 34.9. The van der Waals surface area contributed by atoms with Gasteiger partial charge in [-0.1, -0.05) is 176 Å². The number of nitrogens with zero attached hydrogens (tertiary/aromatic N) is 2. The number of amidine groups is 2. The number of hydrogen-bond acceptors (Lipinski definition) is 4. The van der Waals surface area contributed by atoms with Crippen LogP contribution in [0.25, 0.3) is 87.6 Å². The maximum absolute atomic E-state index is 6.54. The maximum atomic E-state index is 6.54. The molecule has 1 N–H and O–H groups in total. The largest absolute Gasteiger partial charge is 0.456 e. The Morgan fingerprint density at radius 3 is 1.82 bits per heavy atom. The van der Waals surface area contributed by atoms with Crippen molar-refractivity contribution in [2.24, 2.45) is 9.98 Å². The monoisotopic (exact) mass is 779 g/mol. The average molecular weight is 780 g/mol. The second-order valence-corrected chi connectivity index (χ2v) is 15.8. The predicted octanol–water partition coefficient (Wildman–Crippen LogP) is 14.5. The van der Waals surface area contributed by atoms with E-state index in [1.807, 2.05) is 6.07 Å². The number of hydrogen-bond donors (Lipinski definition) is 1. The predicted molar refractivity (Wildman–Crippen MR) is 254 cm³/mol. The first-order valence-corrected chi connectivity index (χ1v) is 20.7. The van der Waals surface area contributed by atoms with Crippen molar-refractivity contribution in [1.82, 2.24) is 5.32 Å². The van der Waals surface area contributed by atoms with Crippen molar-refractivity contribution in [3.8, 4) is 33.4 Å².